The van der Waals surface area contributed by atoms with Gasteiger partial charge in [-0.15, -0.1) is 0 Å². The molecule has 1 aromatic heterocycles. The van der Waals surface area contributed by atoms with E-state index in [9.17, 15) is 8.42 Å². The zero-order valence-corrected chi connectivity index (χ0v) is 13.6. The zero-order chi connectivity index (χ0) is 16.2. The highest BCUT2D eigenvalue weighted by atomic mass is 32.2. The molecular formula is C15H21N3O3S. The number of nitrogens with one attached hydrogen (secondary N) is 1. The van der Waals surface area contributed by atoms with Crippen LogP contribution in [0.15, 0.2) is 18.3 Å². The third kappa shape index (κ3) is 4.42. The van der Waals surface area contributed by atoms with Crippen molar-refractivity contribution in [2.75, 3.05) is 0 Å². The Balaban J connectivity index is 1.83. The van der Waals surface area contributed by atoms with Gasteiger partial charge in [-0.2, -0.15) is 5.26 Å². The number of nitriles is 1. The Hall–Kier alpha value is -1.65. The topological polar surface area (TPSA) is 92.1 Å². The van der Waals surface area contributed by atoms with E-state index in [-0.39, 0.29) is 12.1 Å². The number of hydrogen-bond acceptors (Lipinski definition) is 5. The third-order valence-electron chi connectivity index (χ3n) is 3.78. The number of ether oxygens (including phenoxy) is 1. The average Bonchev–Trinajstić information content (AvgIpc) is 2.49. The second-order valence-corrected chi connectivity index (χ2v) is 8.07. The van der Waals surface area contributed by atoms with E-state index in [0.717, 1.165) is 25.7 Å². The van der Waals surface area contributed by atoms with Crippen molar-refractivity contribution in [1.29, 1.82) is 5.26 Å². The maximum absolute atomic E-state index is 11.9. The van der Waals surface area contributed by atoms with Gasteiger partial charge in [0, 0.05) is 18.3 Å². The smallest absolute Gasteiger partial charge is 0.214 e. The predicted molar refractivity (Wildman–Crippen MR) is 82.8 cm³/mol. The molecule has 0 radical (unpaired) electrons. The summed E-state index contributed by atoms with van der Waals surface area (Å²) in [4.78, 5) is 4.09. The Labute approximate surface area is 131 Å². The van der Waals surface area contributed by atoms with Gasteiger partial charge >= 0.3 is 0 Å². The van der Waals surface area contributed by atoms with E-state index in [0.29, 0.717) is 11.4 Å². The summed E-state index contributed by atoms with van der Waals surface area (Å²) in [6.45, 7) is 3.35. The van der Waals surface area contributed by atoms with E-state index in [1.54, 1.807) is 26.0 Å². The van der Waals surface area contributed by atoms with Crippen LogP contribution in [-0.2, 0) is 10.0 Å². The van der Waals surface area contributed by atoms with Gasteiger partial charge in [0.25, 0.3) is 0 Å². The minimum atomic E-state index is -3.22. The van der Waals surface area contributed by atoms with Crippen molar-refractivity contribution in [3.05, 3.63) is 23.9 Å². The summed E-state index contributed by atoms with van der Waals surface area (Å²) >= 11 is 0. The molecule has 0 spiro atoms. The molecule has 1 aliphatic rings. The third-order valence-corrected chi connectivity index (χ3v) is 5.68. The van der Waals surface area contributed by atoms with E-state index in [4.69, 9.17) is 10.00 Å². The second kappa shape index (κ2) is 7.07. The maximum Gasteiger partial charge on any atom is 0.214 e. The number of hydrogen-bond donors (Lipinski definition) is 1. The van der Waals surface area contributed by atoms with Crippen LogP contribution >= 0.6 is 0 Å². The van der Waals surface area contributed by atoms with Gasteiger partial charge in [-0.25, -0.2) is 18.1 Å². The number of sulfonamides is 1. The molecular weight excluding hydrogens is 302 g/mol. The van der Waals surface area contributed by atoms with Crippen molar-refractivity contribution in [3.63, 3.8) is 0 Å². The Morgan fingerprint density at radius 3 is 2.50 bits per heavy atom. The number of rotatable bonds is 5. The monoisotopic (exact) mass is 323 g/mol. The molecule has 1 heterocycles. The number of aromatic nitrogens is 1. The van der Waals surface area contributed by atoms with Gasteiger partial charge in [0.1, 0.15) is 12.2 Å². The van der Waals surface area contributed by atoms with E-state index in [1.807, 2.05) is 6.07 Å². The lowest BCUT2D eigenvalue weighted by atomic mass is 9.94. The van der Waals surface area contributed by atoms with E-state index in [1.165, 1.54) is 6.20 Å². The summed E-state index contributed by atoms with van der Waals surface area (Å²) in [5.74, 6) is 0.505. The van der Waals surface area contributed by atoms with Crippen LogP contribution < -0.4 is 9.46 Å². The zero-order valence-electron chi connectivity index (χ0n) is 12.8. The van der Waals surface area contributed by atoms with Crippen molar-refractivity contribution in [2.45, 2.75) is 56.9 Å². The van der Waals surface area contributed by atoms with Crippen molar-refractivity contribution in [3.8, 4) is 11.9 Å². The lowest BCUT2D eigenvalue weighted by molar-refractivity contribution is 0.138. The highest BCUT2D eigenvalue weighted by molar-refractivity contribution is 7.90. The first-order valence-corrected chi connectivity index (χ1v) is 8.99. The normalized spacial score (nSPS) is 22.3. The maximum atomic E-state index is 11.9. The summed E-state index contributed by atoms with van der Waals surface area (Å²) in [6.07, 6.45) is 4.61. The fourth-order valence-corrected chi connectivity index (χ4v) is 3.33. The van der Waals surface area contributed by atoms with Crippen LogP contribution in [0.3, 0.4) is 0 Å². The lowest BCUT2D eigenvalue weighted by Crippen LogP contribution is -2.42. The van der Waals surface area contributed by atoms with E-state index in [2.05, 4.69) is 9.71 Å². The molecule has 0 bridgehead atoms. The Morgan fingerprint density at radius 1 is 1.32 bits per heavy atom. The Morgan fingerprint density at radius 2 is 2.00 bits per heavy atom. The summed E-state index contributed by atoms with van der Waals surface area (Å²) in [5, 5.41) is 8.31. The van der Waals surface area contributed by atoms with E-state index >= 15 is 0 Å². The van der Waals surface area contributed by atoms with Gasteiger partial charge in [-0.3, -0.25) is 0 Å². The average molecular weight is 323 g/mol. The lowest BCUT2D eigenvalue weighted by Gasteiger charge is -2.29. The fourth-order valence-electron chi connectivity index (χ4n) is 2.35. The van der Waals surface area contributed by atoms with Crippen molar-refractivity contribution >= 4 is 10.0 Å². The summed E-state index contributed by atoms with van der Waals surface area (Å²) in [5.41, 5.74) is 0.499. The fraction of sp³-hybridized carbons (Fsp3) is 0.600. The molecule has 1 aromatic rings. The minimum Gasteiger partial charge on any atom is -0.474 e. The van der Waals surface area contributed by atoms with Gasteiger partial charge in [0.05, 0.1) is 10.8 Å². The second-order valence-electron chi connectivity index (χ2n) is 5.80. The minimum absolute atomic E-state index is 0.0128. The molecule has 0 atom stereocenters. The van der Waals surface area contributed by atoms with Gasteiger partial charge in [-0.1, -0.05) is 0 Å². The molecule has 0 aromatic carbocycles. The standard InChI is InChI=1S/C15H21N3O3S/c1-11(2)22(19,20)18-13-4-6-14(7-5-13)21-15-8-3-12(9-16)10-17-15/h3,8,10-11,13-14,18H,4-7H2,1-2H3. The van der Waals surface area contributed by atoms with Crippen LogP contribution in [0.25, 0.3) is 0 Å². The van der Waals surface area contributed by atoms with Crippen LogP contribution in [0.1, 0.15) is 45.1 Å². The van der Waals surface area contributed by atoms with Crippen molar-refractivity contribution in [2.24, 2.45) is 0 Å². The van der Waals surface area contributed by atoms with Crippen LogP contribution in [-0.4, -0.2) is 30.8 Å². The van der Waals surface area contributed by atoms with Crippen LogP contribution in [0, 0.1) is 11.3 Å². The molecule has 0 saturated heterocycles. The van der Waals surface area contributed by atoms with Crippen LogP contribution in [0.5, 0.6) is 5.88 Å². The molecule has 2 rings (SSSR count). The molecule has 0 aliphatic heterocycles. The van der Waals surface area contributed by atoms with E-state index < -0.39 is 15.3 Å². The SMILES string of the molecule is CC(C)S(=O)(=O)NC1CCC(Oc2ccc(C#N)cn2)CC1. The highest BCUT2D eigenvalue weighted by Crippen LogP contribution is 2.23. The highest BCUT2D eigenvalue weighted by Gasteiger charge is 2.27. The van der Waals surface area contributed by atoms with Gasteiger partial charge < -0.3 is 4.74 Å². The van der Waals surface area contributed by atoms with Crippen LogP contribution in [0.2, 0.25) is 0 Å². The van der Waals surface area contributed by atoms with Gasteiger partial charge in [0.15, 0.2) is 0 Å². The first kappa shape index (κ1) is 16.7. The molecule has 6 nitrogen and oxygen atoms in total. The molecule has 120 valence electrons. The first-order valence-electron chi connectivity index (χ1n) is 7.44. The Kier molecular flexibility index (Phi) is 5.37. The molecule has 7 heteroatoms. The van der Waals surface area contributed by atoms with Gasteiger partial charge in [0.2, 0.25) is 15.9 Å². The largest absolute Gasteiger partial charge is 0.474 e. The summed E-state index contributed by atoms with van der Waals surface area (Å²) in [7, 11) is -3.22. The number of pyridine rings is 1. The summed E-state index contributed by atoms with van der Waals surface area (Å²) < 4.78 is 32.2. The molecule has 1 saturated carbocycles. The molecule has 1 N–H and O–H groups in total. The Bertz CT molecular complexity index is 627. The van der Waals surface area contributed by atoms with Crippen molar-refractivity contribution in [1.82, 2.24) is 9.71 Å². The quantitative estimate of drug-likeness (QED) is 0.894. The molecule has 1 fully saturated rings. The van der Waals surface area contributed by atoms with Crippen LogP contribution in [0.4, 0.5) is 0 Å². The number of nitrogens with zero attached hydrogens (tertiary/aromatic N) is 2. The summed E-state index contributed by atoms with van der Waals surface area (Å²) in [6, 6.07) is 5.36. The molecule has 22 heavy (non-hydrogen) atoms. The van der Waals surface area contributed by atoms with Gasteiger partial charge in [-0.05, 0) is 45.6 Å². The van der Waals surface area contributed by atoms with Crippen molar-refractivity contribution < 1.29 is 13.2 Å². The molecule has 0 unspecified atom stereocenters. The predicted octanol–water partition coefficient (Wildman–Crippen LogP) is 1.97. The first-order chi connectivity index (χ1) is 10.4. The molecule has 0 amide bonds. The molecule has 1 aliphatic carbocycles.